The number of esters is 1. The number of carbonyl (C=O) groups excluding carboxylic acids is 2. The van der Waals surface area contributed by atoms with Crippen LogP contribution in [0, 0.1) is 11.3 Å². The van der Waals surface area contributed by atoms with Crippen LogP contribution in [0.5, 0.6) is 0 Å². The molecule has 5 nitrogen and oxygen atoms in total. The average Bonchev–Trinajstić information content (AvgIpc) is 3.25. The fourth-order valence-corrected chi connectivity index (χ4v) is 3.99. The zero-order valence-corrected chi connectivity index (χ0v) is 16.9. The van der Waals surface area contributed by atoms with Crippen molar-refractivity contribution in [2.24, 2.45) is 0 Å². The normalized spacial score (nSPS) is 14.8. The first-order valence-corrected chi connectivity index (χ1v) is 10.1. The van der Waals surface area contributed by atoms with Gasteiger partial charge in [0.2, 0.25) is 0 Å². The molecule has 1 fully saturated rings. The molecule has 0 aliphatic heterocycles. The summed E-state index contributed by atoms with van der Waals surface area (Å²) in [7, 11) is 0. The lowest BCUT2D eigenvalue weighted by Crippen LogP contribution is -2.39. The summed E-state index contributed by atoms with van der Waals surface area (Å²) in [5, 5.41) is 9.51. The van der Waals surface area contributed by atoms with Gasteiger partial charge >= 0.3 is 5.97 Å². The van der Waals surface area contributed by atoms with Crippen LogP contribution in [0.1, 0.15) is 37.7 Å². The molecule has 2 aromatic carbocycles. The summed E-state index contributed by atoms with van der Waals surface area (Å²) in [5.74, 6) is -0.719. The van der Waals surface area contributed by atoms with Gasteiger partial charge in [-0.3, -0.25) is 9.59 Å². The first-order valence-electron chi connectivity index (χ1n) is 9.72. The topological polar surface area (TPSA) is 70.4 Å². The lowest BCUT2D eigenvalue weighted by molar-refractivity contribution is -0.153. The van der Waals surface area contributed by atoms with Crippen molar-refractivity contribution < 1.29 is 14.3 Å². The monoisotopic (exact) mass is 410 g/mol. The number of hydrogen-bond acceptors (Lipinski definition) is 4. The van der Waals surface area contributed by atoms with Crippen molar-refractivity contribution >= 4 is 29.2 Å². The number of para-hydroxylation sites is 1. The highest BCUT2D eigenvalue weighted by atomic mass is 35.5. The summed E-state index contributed by atoms with van der Waals surface area (Å²) >= 11 is 5.99. The molecule has 150 valence electrons. The Balaban J connectivity index is 1.72. The van der Waals surface area contributed by atoms with Gasteiger partial charge in [-0.15, -0.1) is 0 Å². The third kappa shape index (κ3) is 4.78. The molecule has 2 aromatic rings. The molecule has 0 aromatic heterocycles. The van der Waals surface area contributed by atoms with Gasteiger partial charge in [-0.2, -0.15) is 5.26 Å². The van der Waals surface area contributed by atoms with Crippen LogP contribution < -0.4 is 4.90 Å². The number of hydrogen-bond donors (Lipinski definition) is 0. The molecule has 1 saturated carbocycles. The van der Waals surface area contributed by atoms with Crippen LogP contribution in [0.15, 0.2) is 54.6 Å². The molecule has 1 aliphatic rings. The molecule has 0 saturated heterocycles. The summed E-state index contributed by atoms with van der Waals surface area (Å²) in [6.07, 6.45) is 3.45. The van der Waals surface area contributed by atoms with E-state index in [-0.39, 0.29) is 31.4 Å². The number of nitrogens with zero attached hydrogens (tertiary/aromatic N) is 2. The number of anilines is 1. The average molecular weight is 411 g/mol. The van der Waals surface area contributed by atoms with Gasteiger partial charge in [0.25, 0.3) is 5.91 Å². The minimum absolute atomic E-state index is 0.198. The molecule has 0 unspecified atom stereocenters. The highest BCUT2D eigenvalue weighted by Gasteiger charge is 2.44. The van der Waals surface area contributed by atoms with E-state index in [4.69, 9.17) is 21.6 Å². The van der Waals surface area contributed by atoms with E-state index in [1.807, 2.05) is 30.3 Å². The van der Waals surface area contributed by atoms with E-state index < -0.39 is 5.41 Å². The van der Waals surface area contributed by atoms with Gasteiger partial charge in [0.1, 0.15) is 0 Å². The SMILES string of the molecule is N#CCCN(C(=O)COC(=O)C1(c2ccc(Cl)cc2)CCCC1)c1ccccc1. The first-order chi connectivity index (χ1) is 14.1. The molecule has 0 atom stereocenters. The zero-order valence-electron chi connectivity index (χ0n) is 16.1. The Labute approximate surface area is 175 Å². The fourth-order valence-electron chi connectivity index (χ4n) is 3.87. The van der Waals surface area contributed by atoms with Crippen LogP contribution >= 0.6 is 11.6 Å². The third-order valence-corrected chi connectivity index (χ3v) is 5.64. The molecule has 6 heteroatoms. The Hall–Kier alpha value is -2.84. The maximum Gasteiger partial charge on any atom is 0.317 e. The largest absolute Gasteiger partial charge is 0.455 e. The number of amides is 1. The second-order valence-electron chi connectivity index (χ2n) is 7.16. The van der Waals surface area contributed by atoms with Crippen LogP contribution in [-0.2, 0) is 19.7 Å². The van der Waals surface area contributed by atoms with Crippen molar-refractivity contribution in [3.8, 4) is 6.07 Å². The number of rotatable bonds is 7. The second kappa shape index (κ2) is 9.58. The Morgan fingerprint density at radius 3 is 2.34 bits per heavy atom. The lowest BCUT2D eigenvalue weighted by Gasteiger charge is -2.28. The van der Waals surface area contributed by atoms with E-state index in [1.165, 1.54) is 4.90 Å². The molecular weight excluding hydrogens is 388 g/mol. The van der Waals surface area contributed by atoms with Gasteiger partial charge in [-0.25, -0.2) is 0 Å². The van der Waals surface area contributed by atoms with Crippen LogP contribution in [0.4, 0.5) is 5.69 Å². The number of benzene rings is 2. The number of ether oxygens (including phenoxy) is 1. The Morgan fingerprint density at radius 2 is 1.72 bits per heavy atom. The van der Waals surface area contributed by atoms with Gasteiger partial charge in [-0.1, -0.05) is 54.8 Å². The van der Waals surface area contributed by atoms with Crippen LogP contribution in [-0.4, -0.2) is 25.0 Å². The fraction of sp³-hybridized carbons (Fsp3) is 0.348. The molecule has 0 heterocycles. The quantitative estimate of drug-likeness (QED) is 0.623. The Bertz CT molecular complexity index is 885. The predicted octanol–water partition coefficient (Wildman–Crippen LogP) is 4.64. The molecule has 0 N–H and O–H groups in total. The number of carbonyl (C=O) groups is 2. The van der Waals surface area contributed by atoms with Gasteiger partial charge in [0, 0.05) is 17.3 Å². The van der Waals surface area contributed by atoms with E-state index >= 15 is 0 Å². The molecule has 0 radical (unpaired) electrons. The van der Waals surface area contributed by atoms with Crippen molar-refractivity contribution in [2.45, 2.75) is 37.5 Å². The van der Waals surface area contributed by atoms with Crippen molar-refractivity contribution in [3.63, 3.8) is 0 Å². The van der Waals surface area contributed by atoms with Gasteiger partial charge in [0.05, 0.1) is 17.9 Å². The molecule has 0 bridgehead atoms. The molecule has 0 spiro atoms. The highest BCUT2D eigenvalue weighted by Crippen LogP contribution is 2.42. The van der Waals surface area contributed by atoms with Crippen LogP contribution in [0.2, 0.25) is 5.02 Å². The van der Waals surface area contributed by atoms with E-state index in [0.717, 1.165) is 18.4 Å². The first kappa shape index (κ1) is 20.9. The predicted molar refractivity (Wildman–Crippen MR) is 112 cm³/mol. The molecular formula is C23H23ClN2O3. The van der Waals surface area contributed by atoms with E-state index in [2.05, 4.69) is 6.07 Å². The van der Waals surface area contributed by atoms with Crippen molar-refractivity contribution in [3.05, 3.63) is 65.2 Å². The van der Waals surface area contributed by atoms with Crippen molar-refractivity contribution in [1.82, 2.24) is 0 Å². The van der Waals surface area contributed by atoms with E-state index in [9.17, 15) is 9.59 Å². The van der Waals surface area contributed by atoms with Crippen LogP contribution in [0.25, 0.3) is 0 Å². The summed E-state index contributed by atoms with van der Waals surface area (Å²) in [6.45, 7) is -0.103. The van der Waals surface area contributed by atoms with Crippen molar-refractivity contribution in [2.75, 3.05) is 18.1 Å². The van der Waals surface area contributed by atoms with Gasteiger partial charge < -0.3 is 9.64 Å². The molecule has 29 heavy (non-hydrogen) atoms. The lowest BCUT2D eigenvalue weighted by atomic mass is 9.79. The number of nitriles is 1. The Kier molecular flexibility index (Phi) is 6.90. The zero-order chi connectivity index (χ0) is 20.7. The van der Waals surface area contributed by atoms with Gasteiger partial charge in [0.15, 0.2) is 6.61 Å². The van der Waals surface area contributed by atoms with Crippen LogP contribution in [0.3, 0.4) is 0 Å². The molecule has 3 rings (SSSR count). The minimum Gasteiger partial charge on any atom is -0.455 e. The smallest absolute Gasteiger partial charge is 0.317 e. The summed E-state index contributed by atoms with van der Waals surface area (Å²) < 4.78 is 5.51. The van der Waals surface area contributed by atoms with E-state index in [1.54, 1.807) is 24.3 Å². The maximum absolute atomic E-state index is 13.1. The standard InChI is InChI=1S/C23H23ClN2O3/c24-19-11-9-18(10-12-19)23(13-4-5-14-23)22(28)29-17-21(27)26(16-6-15-25)20-7-2-1-3-8-20/h1-3,7-12H,4-6,13-14,16-17H2. The third-order valence-electron chi connectivity index (χ3n) is 5.39. The Morgan fingerprint density at radius 1 is 1.07 bits per heavy atom. The summed E-state index contributed by atoms with van der Waals surface area (Å²) in [4.78, 5) is 27.3. The van der Waals surface area contributed by atoms with Crippen molar-refractivity contribution in [1.29, 1.82) is 5.26 Å². The summed E-state index contributed by atoms with van der Waals surface area (Å²) in [6, 6.07) is 18.4. The second-order valence-corrected chi connectivity index (χ2v) is 7.60. The highest BCUT2D eigenvalue weighted by molar-refractivity contribution is 6.30. The minimum atomic E-state index is -0.727. The number of halogens is 1. The summed E-state index contributed by atoms with van der Waals surface area (Å²) in [5.41, 5.74) is 0.827. The van der Waals surface area contributed by atoms with Gasteiger partial charge in [-0.05, 0) is 42.7 Å². The molecule has 1 aliphatic carbocycles. The maximum atomic E-state index is 13.1. The molecule has 1 amide bonds. The van der Waals surface area contributed by atoms with E-state index in [0.29, 0.717) is 23.6 Å².